The monoisotopic (exact) mass is 289 g/mol. The van der Waals surface area contributed by atoms with Gasteiger partial charge >= 0.3 is 5.97 Å². The largest absolute Gasteiger partial charge is 0.477 e. The number of nitriles is 1. The van der Waals surface area contributed by atoms with E-state index in [0.29, 0.717) is 16.5 Å². The zero-order chi connectivity index (χ0) is 14.3. The maximum atomic E-state index is 13.7. The molecule has 1 aliphatic heterocycles. The van der Waals surface area contributed by atoms with E-state index in [2.05, 4.69) is 4.98 Å². The fraction of sp³-hybridized carbons (Fsp3) is 0.154. The molecule has 0 fully saturated rings. The molecule has 0 saturated heterocycles. The van der Waals surface area contributed by atoms with Crippen molar-refractivity contribution in [3.63, 3.8) is 0 Å². The van der Waals surface area contributed by atoms with Gasteiger partial charge < -0.3 is 9.67 Å². The van der Waals surface area contributed by atoms with Gasteiger partial charge in [0.2, 0.25) is 0 Å². The van der Waals surface area contributed by atoms with Crippen LogP contribution in [0.25, 0.3) is 0 Å². The molecular weight excluding hydrogens is 281 g/mol. The number of imidazole rings is 1. The van der Waals surface area contributed by atoms with Crippen molar-refractivity contribution in [2.75, 3.05) is 5.75 Å². The Morgan fingerprint density at radius 2 is 2.40 bits per heavy atom. The van der Waals surface area contributed by atoms with Crippen molar-refractivity contribution in [1.82, 2.24) is 9.55 Å². The summed E-state index contributed by atoms with van der Waals surface area (Å²) in [5.41, 5.74) is 0.691. The van der Waals surface area contributed by atoms with Crippen molar-refractivity contribution in [3.8, 4) is 6.07 Å². The number of carbonyl (C=O) groups is 1. The number of hydrogen-bond acceptors (Lipinski definition) is 4. The average Bonchev–Trinajstić information content (AvgIpc) is 2.99. The van der Waals surface area contributed by atoms with Crippen LogP contribution in [-0.2, 0) is 0 Å². The van der Waals surface area contributed by atoms with Gasteiger partial charge in [0.05, 0.1) is 17.8 Å². The molecular formula is C13H8FN3O2S. The fourth-order valence-electron chi connectivity index (χ4n) is 2.21. The van der Waals surface area contributed by atoms with Gasteiger partial charge in [0.1, 0.15) is 17.6 Å². The van der Waals surface area contributed by atoms with Crippen molar-refractivity contribution < 1.29 is 14.3 Å². The lowest BCUT2D eigenvalue weighted by Gasteiger charge is -2.14. The predicted octanol–water partition coefficient (Wildman–Crippen LogP) is 2.29. The molecule has 0 aliphatic carbocycles. The third kappa shape index (κ3) is 1.85. The number of thioether (sulfide) groups is 1. The summed E-state index contributed by atoms with van der Waals surface area (Å²) in [5, 5.41) is 18.5. The van der Waals surface area contributed by atoms with Crippen LogP contribution >= 0.6 is 11.8 Å². The number of aromatic nitrogens is 2. The summed E-state index contributed by atoms with van der Waals surface area (Å²) < 4.78 is 15.3. The lowest BCUT2D eigenvalue weighted by Crippen LogP contribution is -2.14. The Kier molecular flexibility index (Phi) is 2.95. The fourth-order valence-corrected chi connectivity index (χ4v) is 3.35. The molecule has 1 aliphatic rings. The normalized spacial score (nSPS) is 16.7. The molecule has 0 amide bonds. The summed E-state index contributed by atoms with van der Waals surface area (Å²) in [6, 6.07) is 5.81. The molecule has 1 unspecified atom stereocenters. The van der Waals surface area contributed by atoms with Crippen LogP contribution in [0.2, 0.25) is 0 Å². The second kappa shape index (κ2) is 4.65. The van der Waals surface area contributed by atoms with Crippen LogP contribution in [0.1, 0.15) is 27.7 Å². The molecule has 2 aromatic rings. The second-order valence-electron chi connectivity index (χ2n) is 4.28. The number of benzene rings is 1. The van der Waals surface area contributed by atoms with E-state index in [0.717, 1.165) is 0 Å². The predicted molar refractivity (Wildman–Crippen MR) is 69.2 cm³/mol. The number of aromatic carboxylic acids is 1. The molecule has 1 aromatic carbocycles. The van der Waals surface area contributed by atoms with Crippen LogP contribution in [-0.4, -0.2) is 26.4 Å². The Morgan fingerprint density at radius 1 is 1.60 bits per heavy atom. The highest BCUT2D eigenvalue weighted by molar-refractivity contribution is 7.99. The molecule has 3 rings (SSSR count). The average molecular weight is 289 g/mol. The van der Waals surface area contributed by atoms with Crippen molar-refractivity contribution in [2.45, 2.75) is 11.2 Å². The van der Waals surface area contributed by atoms with E-state index >= 15 is 0 Å². The number of halogens is 1. The summed E-state index contributed by atoms with van der Waals surface area (Å²) in [4.78, 5) is 15.2. The van der Waals surface area contributed by atoms with Crippen LogP contribution in [0, 0.1) is 17.1 Å². The zero-order valence-electron chi connectivity index (χ0n) is 10.1. The quantitative estimate of drug-likeness (QED) is 0.917. The van der Waals surface area contributed by atoms with Gasteiger partial charge in [-0.1, -0.05) is 17.8 Å². The summed E-state index contributed by atoms with van der Waals surface area (Å²) >= 11 is 1.43. The van der Waals surface area contributed by atoms with Gasteiger partial charge in [0.25, 0.3) is 0 Å². The van der Waals surface area contributed by atoms with Gasteiger partial charge in [-0.25, -0.2) is 14.2 Å². The second-order valence-corrected chi connectivity index (χ2v) is 5.27. The van der Waals surface area contributed by atoms with Crippen LogP contribution in [0.4, 0.5) is 4.39 Å². The summed E-state index contributed by atoms with van der Waals surface area (Å²) in [7, 11) is 0. The van der Waals surface area contributed by atoms with E-state index in [1.54, 1.807) is 16.7 Å². The van der Waals surface area contributed by atoms with Crippen LogP contribution in [0.5, 0.6) is 0 Å². The van der Waals surface area contributed by atoms with E-state index in [9.17, 15) is 9.18 Å². The molecule has 20 heavy (non-hydrogen) atoms. The Balaban J connectivity index is 2.07. The molecule has 0 bridgehead atoms. The summed E-state index contributed by atoms with van der Waals surface area (Å²) in [6.45, 7) is 0. The first-order valence-electron chi connectivity index (χ1n) is 5.74. The maximum Gasteiger partial charge on any atom is 0.354 e. The SMILES string of the molecule is N#Cc1ccc(C2CSc3ncc(C(=O)O)n32)cc1F. The highest BCUT2D eigenvalue weighted by Crippen LogP contribution is 2.38. The van der Waals surface area contributed by atoms with E-state index in [1.165, 1.54) is 30.1 Å². The molecule has 100 valence electrons. The minimum Gasteiger partial charge on any atom is -0.477 e. The standard InChI is InChI=1S/C13H8FN3O2S/c14-9-3-7(1-2-8(9)4-15)11-6-20-13-16-5-10(12(18)19)17(11)13/h1-3,5,11H,6H2,(H,18,19). The maximum absolute atomic E-state index is 13.7. The number of nitrogens with zero attached hydrogens (tertiary/aromatic N) is 3. The lowest BCUT2D eigenvalue weighted by atomic mass is 10.1. The number of hydrogen-bond donors (Lipinski definition) is 1. The first-order chi connectivity index (χ1) is 9.61. The van der Waals surface area contributed by atoms with Gasteiger partial charge in [-0.3, -0.25) is 0 Å². The highest BCUT2D eigenvalue weighted by Gasteiger charge is 2.30. The number of carboxylic acid groups (broad SMARTS) is 1. The topological polar surface area (TPSA) is 78.9 Å². The molecule has 0 saturated carbocycles. The minimum atomic E-state index is -1.06. The molecule has 2 heterocycles. The number of rotatable bonds is 2. The Hall–Kier alpha value is -2.33. The van der Waals surface area contributed by atoms with Gasteiger partial charge in [-0.15, -0.1) is 0 Å². The van der Waals surface area contributed by atoms with Gasteiger partial charge in [-0.2, -0.15) is 5.26 Å². The van der Waals surface area contributed by atoms with Crippen molar-refractivity contribution >= 4 is 17.7 Å². The van der Waals surface area contributed by atoms with Crippen molar-refractivity contribution in [3.05, 3.63) is 47.0 Å². The highest BCUT2D eigenvalue weighted by atomic mass is 32.2. The van der Waals surface area contributed by atoms with Crippen LogP contribution in [0.15, 0.2) is 29.6 Å². The van der Waals surface area contributed by atoms with Crippen molar-refractivity contribution in [1.29, 1.82) is 5.26 Å². The minimum absolute atomic E-state index is 0.0243. The Morgan fingerprint density at radius 3 is 3.05 bits per heavy atom. The molecule has 5 nitrogen and oxygen atoms in total. The molecule has 0 radical (unpaired) electrons. The van der Waals surface area contributed by atoms with Gasteiger partial charge in [-0.05, 0) is 17.7 Å². The Labute approximate surface area is 117 Å². The van der Waals surface area contributed by atoms with Crippen molar-refractivity contribution in [2.24, 2.45) is 0 Å². The molecule has 1 aromatic heterocycles. The smallest absolute Gasteiger partial charge is 0.354 e. The summed E-state index contributed by atoms with van der Waals surface area (Å²) in [6.07, 6.45) is 1.30. The number of carboxylic acids is 1. The summed E-state index contributed by atoms with van der Waals surface area (Å²) in [5.74, 6) is -1.07. The Bertz CT molecular complexity index is 751. The molecule has 0 spiro atoms. The van der Waals surface area contributed by atoms with E-state index in [-0.39, 0.29) is 17.3 Å². The molecule has 7 heteroatoms. The molecule has 1 N–H and O–H groups in total. The zero-order valence-corrected chi connectivity index (χ0v) is 10.9. The van der Waals surface area contributed by atoms with Gasteiger partial charge in [0, 0.05) is 5.75 Å². The van der Waals surface area contributed by atoms with E-state index in [1.807, 2.05) is 0 Å². The number of fused-ring (bicyclic) bond motifs is 1. The van der Waals surface area contributed by atoms with Crippen LogP contribution < -0.4 is 0 Å². The lowest BCUT2D eigenvalue weighted by molar-refractivity contribution is 0.0683. The first-order valence-corrected chi connectivity index (χ1v) is 6.73. The first kappa shape index (κ1) is 12.7. The van der Waals surface area contributed by atoms with Crippen LogP contribution in [0.3, 0.4) is 0 Å². The van der Waals surface area contributed by atoms with Gasteiger partial charge in [0.15, 0.2) is 5.16 Å². The third-order valence-corrected chi connectivity index (χ3v) is 4.21. The molecule has 1 atom stereocenters. The third-order valence-electron chi connectivity index (χ3n) is 3.16. The van der Waals surface area contributed by atoms with E-state index < -0.39 is 11.8 Å². The van der Waals surface area contributed by atoms with E-state index in [4.69, 9.17) is 10.4 Å².